The van der Waals surface area contributed by atoms with E-state index in [4.69, 9.17) is 6.42 Å². The molecule has 120 valence electrons. The maximum absolute atomic E-state index is 12.1. The van der Waals surface area contributed by atoms with Gasteiger partial charge < -0.3 is 15.5 Å². The van der Waals surface area contributed by atoms with Gasteiger partial charge in [0.1, 0.15) is 0 Å². The number of hydrogen-bond donors (Lipinski definition) is 2. The predicted molar refractivity (Wildman–Crippen MR) is 97.8 cm³/mol. The van der Waals surface area contributed by atoms with Crippen LogP contribution >= 0.6 is 24.0 Å². The largest absolute Gasteiger partial charge is 0.357 e. The highest BCUT2D eigenvalue weighted by molar-refractivity contribution is 14.0. The number of carbonyl (C=O) groups is 1. The van der Waals surface area contributed by atoms with E-state index in [1.165, 1.54) is 6.42 Å². The summed E-state index contributed by atoms with van der Waals surface area (Å²) >= 11 is 0. The molecule has 0 aromatic rings. The number of halogens is 1. The third-order valence-electron chi connectivity index (χ3n) is 3.31. The zero-order valence-electron chi connectivity index (χ0n) is 13.0. The number of aliphatic imine (C=N–C) groups is 1. The fourth-order valence-corrected chi connectivity index (χ4v) is 2.31. The molecule has 0 radical (unpaired) electrons. The van der Waals surface area contributed by atoms with Gasteiger partial charge in [0.05, 0.1) is 13.1 Å². The van der Waals surface area contributed by atoms with Gasteiger partial charge in [-0.3, -0.25) is 9.79 Å². The topological polar surface area (TPSA) is 56.7 Å². The van der Waals surface area contributed by atoms with Crippen LogP contribution in [0.3, 0.4) is 0 Å². The molecule has 1 fully saturated rings. The highest BCUT2D eigenvalue weighted by Gasteiger charge is 2.20. The van der Waals surface area contributed by atoms with Gasteiger partial charge in [0.2, 0.25) is 5.91 Å². The maximum atomic E-state index is 12.1. The van der Waals surface area contributed by atoms with Crippen molar-refractivity contribution >= 4 is 35.8 Å². The second-order valence-corrected chi connectivity index (χ2v) is 5.16. The van der Waals surface area contributed by atoms with Crippen molar-refractivity contribution in [2.75, 3.05) is 32.7 Å². The molecule has 1 heterocycles. The molecule has 0 aromatic heterocycles. The van der Waals surface area contributed by atoms with Crippen LogP contribution in [-0.2, 0) is 4.79 Å². The summed E-state index contributed by atoms with van der Waals surface area (Å²) in [5.41, 5.74) is 0. The molecular formula is C15H27IN4O. The SMILES string of the molecule is C#CCNC(=NCCC(=O)N1CCCC(C)C1)NCC.I. The molecule has 1 aliphatic rings. The minimum Gasteiger partial charge on any atom is -0.357 e. The molecule has 5 nitrogen and oxygen atoms in total. The molecule has 21 heavy (non-hydrogen) atoms. The van der Waals surface area contributed by atoms with Crippen molar-refractivity contribution in [3.8, 4) is 12.3 Å². The summed E-state index contributed by atoms with van der Waals surface area (Å²) in [6.07, 6.45) is 8.00. The third kappa shape index (κ3) is 8.15. The molecule has 1 saturated heterocycles. The molecule has 0 bridgehead atoms. The Morgan fingerprint density at radius 1 is 1.48 bits per heavy atom. The van der Waals surface area contributed by atoms with Gasteiger partial charge in [-0.05, 0) is 25.7 Å². The number of terminal acetylenes is 1. The van der Waals surface area contributed by atoms with Crippen LogP contribution in [0.1, 0.15) is 33.1 Å². The van der Waals surface area contributed by atoms with Crippen LogP contribution in [0.25, 0.3) is 0 Å². The van der Waals surface area contributed by atoms with E-state index in [2.05, 4.69) is 28.5 Å². The zero-order chi connectivity index (χ0) is 14.8. The van der Waals surface area contributed by atoms with E-state index in [0.717, 1.165) is 26.1 Å². The van der Waals surface area contributed by atoms with Gasteiger partial charge in [-0.25, -0.2) is 0 Å². The fraction of sp³-hybridized carbons (Fsp3) is 0.733. The highest BCUT2D eigenvalue weighted by atomic mass is 127. The van der Waals surface area contributed by atoms with Crippen molar-refractivity contribution < 1.29 is 4.79 Å². The van der Waals surface area contributed by atoms with Gasteiger partial charge in [0, 0.05) is 26.1 Å². The third-order valence-corrected chi connectivity index (χ3v) is 3.31. The Balaban J connectivity index is 0.00000400. The first-order valence-electron chi connectivity index (χ1n) is 7.40. The molecule has 6 heteroatoms. The molecule has 1 atom stereocenters. The lowest BCUT2D eigenvalue weighted by atomic mass is 10.00. The highest BCUT2D eigenvalue weighted by Crippen LogP contribution is 2.15. The average molecular weight is 406 g/mol. The van der Waals surface area contributed by atoms with Crippen molar-refractivity contribution in [2.45, 2.75) is 33.1 Å². The van der Waals surface area contributed by atoms with E-state index in [1.807, 2.05) is 11.8 Å². The van der Waals surface area contributed by atoms with Gasteiger partial charge in [-0.1, -0.05) is 12.8 Å². The van der Waals surface area contributed by atoms with Gasteiger partial charge in [-0.15, -0.1) is 30.4 Å². The van der Waals surface area contributed by atoms with Crippen LogP contribution in [-0.4, -0.2) is 49.5 Å². The van der Waals surface area contributed by atoms with E-state index in [-0.39, 0.29) is 29.9 Å². The van der Waals surface area contributed by atoms with Gasteiger partial charge >= 0.3 is 0 Å². The molecule has 0 spiro atoms. The molecular weight excluding hydrogens is 379 g/mol. The van der Waals surface area contributed by atoms with Gasteiger partial charge in [0.25, 0.3) is 0 Å². The Kier molecular flexibility index (Phi) is 11.1. The number of piperidine rings is 1. The molecule has 0 saturated carbocycles. The number of carbonyl (C=O) groups excluding carboxylic acids is 1. The first-order chi connectivity index (χ1) is 9.67. The molecule has 0 aromatic carbocycles. The van der Waals surface area contributed by atoms with Crippen LogP contribution in [0.5, 0.6) is 0 Å². The van der Waals surface area contributed by atoms with Crippen molar-refractivity contribution in [3.05, 3.63) is 0 Å². The molecule has 1 rings (SSSR count). The number of likely N-dealkylation sites (tertiary alicyclic amines) is 1. The minimum atomic E-state index is 0. The van der Waals surface area contributed by atoms with E-state index in [9.17, 15) is 4.79 Å². The van der Waals surface area contributed by atoms with Crippen LogP contribution in [0, 0.1) is 18.3 Å². The summed E-state index contributed by atoms with van der Waals surface area (Å²) in [6, 6.07) is 0. The first kappa shape index (κ1) is 20.0. The lowest BCUT2D eigenvalue weighted by molar-refractivity contribution is -0.132. The Morgan fingerprint density at radius 2 is 2.24 bits per heavy atom. The summed E-state index contributed by atoms with van der Waals surface area (Å²) in [5, 5.41) is 6.10. The Labute approximate surface area is 145 Å². The quantitative estimate of drug-likeness (QED) is 0.315. The van der Waals surface area contributed by atoms with Crippen molar-refractivity contribution in [1.29, 1.82) is 0 Å². The summed E-state index contributed by atoms with van der Waals surface area (Å²) in [7, 11) is 0. The predicted octanol–water partition coefficient (Wildman–Crippen LogP) is 1.44. The fourth-order valence-electron chi connectivity index (χ4n) is 2.31. The number of rotatable bonds is 5. The lowest BCUT2D eigenvalue weighted by Gasteiger charge is -2.30. The first-order valence-corrected chi connectivity index (χ1v) is 7.40. The zero-order valence-corrected chi connectivity index (χ0v) is 15.4. The van der Waals surface area contributed by atoms with Crippen molar-refractivity contribution in [2.24, 2.45) is 10.9 Å². The summed E-state index contributed by atoms with van der Waals surface area (Å²) in [6.45, 7) is 7.67. The van der Waals surface area contributed by atoms with E-state index in [0.29, 0.717) is 31.4 Å². The Bertz CT molecular complexity index is 378. The monoisotopic (exact) mass is 406 g/mol. The smallest absolute Gasteiger partial charge is 0.224 e. The maximum Gasteiger partial charge on any atom is 0.224 e. The molecule has 1 amide bonds. The van der Waals surface area contributed by atoms with E-state index in [1.54, 1.807) is 0 Å². The standard InChI is InChI=1S/C15H26N4O.HI/c1-4-9-17-15(16-5-2)18-10-8-14(20)19-11-6-7-13(3)12-19;/h1,13H,5-12H2,2-3H3,(H2,16,17,18);1H. The Hall–Kier alpha value is -0.970. The lowest BCUT2D eigenvalue weighted by Crippen LogP contribution is -2.40. The van der Waals surface area contributed by atoms with Crippen LogP contribution in [0.4, 0.5) is 0 Å². The number of nitrogens with one attached hydrogen (secondary N) is 2. The van der Waals surface area contributed by atoms with E-state index >= 15 is 0 Å². The number of guanidine groups is 1. The summed E-state index contributed by atoms with van der Waals surface area (Å²) in [5.74, 6) is 4.00. The normalized spacial score (nSPS) is 18.4. The second kappa shape index (κ2) is 11.7. The van der Waals surface area contributed by atoms with Crippen molar-refractivity contribution in [3.63, 3.8) is 0 Å². The van der Waals surface area contributed by atoms with Gasteiger partial charge in [0.15, 0.2) is 5.96 Å². The number of hydrogen-bond acceptors (Lipinski definition) is 2. The molecule has 0 aliphatic carbocycles. The van der Waals surface area contributed by atoms with Crippen molar-refractivity contribution in [1.82, 2.24) is 15.5 Å². The van der Waals surface area contributed by atoms with Crippen LogP contribution in [0.15, 0.2) is 4.99 Å². The molecule has 2 N–H and O–H groups in total. The number of nitrogens with zero attached hydrogens (tertiary/aromatic N) is 2. The molecule has 1 unspecified atom stereocenters. The second-order valence-electron chi connectivity index (χ2n) is 5.16. The van der Waals surface area contributed by atoms with E-state index < -0.39 is 0 Å². The summed E-state index contributed by atoms with van der Waals surface area (Å²) in [4.78, 5) is 18.4. The number of amides is 1. The van der Waals surface area contributed by atoms with Crippen LogP contribution in [0.2, 0.25) is 0 Å². The molecule has 1 aliphatic heterocycles. The minimum absolute atomic E-state index is 0. The average Bonchev–Trinajstić information content (AvgIpc) is 2.44. The van der Waals surface area contributed by atoms with Gasteiger partial charge in [-0.2, -0.15) is 0 Å². The summed E-state index contributed by atoms with van der Waals surface area (Å²) < 4.78 is 0. The van der Waals surface area contributed by atoms with Crippen LogP contribution < -0.4 is 10.6 Å². The Morgan fingerprint density at radius 3 is 2.86 bits per heavy atom.